The van der Waals surface area contributed by atoms with Gasteiger partial charge in [-0.2, -0.15) is 0 Å². The standard InChI is InChI=1S/C31H31Cl2FN2O3/c1-38-31(37)21-6-9-25-20(16-21)4-2-5-27(26-10-8-23(32)17-28(26)33)30(25)22-7-11-29(35-18-22)39-24-12-15-36(19-24)14-3-13-34/h6-11,16-18,24H,2-5,12-15,19H2,1H3/t24-/m0/s1. The largest absolute Gasteiger partial charge is 0.473 e. The number of pyridine rings is 1. The van der Waals surface area contributed by atoms with Crippen LogP contribution in [0.2, 0.25) is 10.0 Å². The number of esters is 1. The van der Waals surface area contributed by atoms with Crippen LogP contribution in [0.15, 0.2) is 54.7 Å². The number of aryl methyl sites for hydroxylation is 1. The molecule has 1 saturated heterocycles. The van der Waals surface area contributed by atoms with Crippen LogP contribution >= 0.6 is 23.2 Å². The number of ether oxygens (including phenoxy) is 2. The first-order valence-corrected chi connectivity index (χ1v) is 14.0. The van der Waals surface area contributed by atoms with Gasteiger partial charge >= 0.3 is 5.97 Å². The van der Waals surface area contributed by atoms with Gasteiger partial charge in [0.1, 0.15) is 6.10 Å². The molecule has 5 nitrogen and oxygen atoms in total. The first-order valence-electron chi connectivity index (χ1n) is 13.3. The predicted octanol–water partition coefficient (Wildman–Crippen LogP) is 7.28. The van der Waals surface area contributed by atoms with E-state index in [1.54, 1.807) is 12.1 Å². The van der Waals surface area contributed by atoms with Crippen molar-refractivity contribution in [3.05, 3.63) is 92.6 Å². The van der Waals surface area contributed by atoms with Crippen molar-refractivity contribution < 1.29 is 18.7 Å². The summed E-state index contributed by atoms with van der Waals surface area (Å²) in [6.45, 7) is 2.15. The van der Waals surface area contributed by atoms with Gasteiger partial charge in [0.15, 0.2) is 0 Å². The van der Waals surface area contributed by atoms with E-state index in [1.807, 2.05) is 42.6 Å². The molecule has 5 rings (SSSR count). The van der Waals surface area contributed by atoms with Crippen LogP contribution in [0.3, 0.4) is 0 Å². The highest BCUT2D eigenvalue weighted by atomic mass is 35.5. The van der Waals surface area contributed by atoms with Crippen LogP contribution in [0, 0.1) is 0 Å². The molecule has 8 heteroatoms. The van der Waals surface area contributed by atoms with Crippen molar-refractivity contribution in [2.24, 2.45) is 0 Å². The van der Waals surface area contributed by atoms with Crippen molar-refractivity contribution in [1.82, 2.24) is 9.88 Å². The molecule has 0 N–H and O–H groups in total. The minimum Gasteiger partial charge on any atom is -0.473 e. The predicted molar refractivity (Wildman–Crippen MR) is 153 cm³/mol. The summed E-state index contributed by atoms with van der Waals surface area (Å²) in [6.07, 6.45) is 5.84. The van der Waals surface area contributed by atoms with Crippen LogP contribution in [-0.4, -0.2) is 55.4 Å². The third-order valence-corrected chi connectivity index (χ3v) is 7.92. The van der Waals surface area contributed by atoms with Crippen molar-refractivity contribution in [3.63, 3.8) is 0 Å². The Morgan fingerprint density at radius 3 is 2.69 bits per heavy atom. The number of methoxy groups -OCH3 is 1. The smallest absolute Gasteiger partial charge is 0.337 e. The lowest BCUT2D eigenvalue weighted by Crippen LogP contribution is -2.26. The monoisotopic (exact) mass is 568 g/mol. The summed E-state index contributed by atoms with van der Waals surface area (Å²) in [5.41, 5.74) is 6.65. The van der Waals surface area contributed by atoms with Gasteiger partial charge in [0.2, 0.25) is 5.88 Å². The molecular formula is C31H31Cl2FN2O3. The lowest BCUT2D eigenvalue weighted by Gasteiger charge is -2.19. The maximum atomic E-state index is 12.5. The van der Waals surface area contributed by atoms with Gasteiger partial charge in [-0.05, 0) is 90.3 Å². The molecule has 0 spiro atoms. The van der Waals surface area contributed by atoms with E-state index in [1.165, 1.54) is 7.11 Å². The van der Waals surface area contributed by atoms with Gasteiger partial charge < -0.3 is 9.47 Å². The van der Waals surface area contributed by atoms with E-state index >= 15 is 0 Å². The van der Waals surface area contributed by atoms with Gasteiger partial charge in [0.25, 0.3) is 0 Å². The Kier molecular flexibility index (Phi) is 8.85. The number of likely N-dealkylation sites (tertiary alicyclic amines) is 1. The van der Waals surface area contributed by atoms with Gasteiger partial charge in [-0.1, -0.05) is 35.3 Å². The van der Waals surface area contributed by atoms with E-state index in [2.05, 4.69) is 9.88 Å². The molecule has 1 fully saturated rings. The molecule has 0 amide bonds. The SMILES string of the molecule is COC(=O)c1ccc2c(c1)CCCC(c1ccc(Cl)cc1Cl)=C2c1ccc(O[C@H]2CCN(CCCF)C2)nc1. The normalized spacial score (nSPS) is 17.6. The number of hydrogen-bond acceptors (Lipinski definition) is 5. The minimum atomic E-state index is -0.355. The molecule has 1 aliphatic carbocycles. The van der Waals surface area contributed by atoms with Crippen LogP contribution in [0.5, 0.6) is 5.88 Å². The lowest BCUT2D eigenvalue weighted by atomic mass is 9.88. The minimum absolute atomic E-state index is 0.0426. The molecule has 0 bridgehead atoms. The molecule has 2 heterocycles. The second kappa shape index (κ2) is 12.5. The zero-order valence-electron chi connectivity index (χ0n) is 21.9. The second-order valence-electron chi connectivity index (χ2n) is 9.95. The van der Waals surface area contributed by atoms with Crippen LogP contribution in [-0.2, 0) is 11.2 Å². The van der Waals surface area contributed by atoms with Crippen molar-refractivity contribution in [3.8, 4) is 5.88 Å². The average molecular weight is 570 g/mol. The number of halogens is 3. The Hall–Kier alpha value is -2.93. The summed E-state index contributed by atoms with van der Waals surface area (Å²) in [4.78, 5) is 19.1. The van der Waals surface area contributed by atoms with Gasteiger partial charge in [-0.15, -0.1) is 0 Å². The molecule has 2 aliphatic rings. The van der Waals surface area contributed by atoms with E-state index in [-0.39, 0.29) is 18.7 Å². The molecule has 3 aromatic rings. The maximum absolute atomic E-state index is 12.5. The van der Waals surface area contributed by atoms with Crippen LogP contribution in [0.4, 0.5) is 4.39 Å². The molecular weight excluding hydrogens is 538 g/mol. The number of aromatic nitrogens is 1. The fourth-order valence-corrected chi connectivity index (χ4v) is 6.04. The number of carbonyl (C=O) groups excluding carboxylic acids is 1. The molecule has 0 saturated carbocycles. The summed E-state index contributed by atoms with van der Waals surface area (Å²) < 4.78 is 23.7. The molecule has 1 atom stereocenters. The summed E-state index contributed by atoms with van der Waals surface area (Å²) >= 11 is 12.9. The van der Waals surface area contributed by atoms with E-state index in [0.717, 1.165) is 78.7 Å². The Morgan fingerprint density at radius 2 is 1.95 bits per heavy atom. The first-order chi connectivity index (χ1) is 19.0. The quantitative estimate of drug-likeness (QED) is 0.267. The highest BCUT2D eigenvalue weighted by Crippen LogP contribution is 2.42. The van der Waals surface area contributed by atoms with Gasteiger partial charge in [0, 0.05) is 47.5 Å². The van der Waals surface area contributed by atoms with Crippen LogP contribution in [0.25, 0.3) is 11.1 Å². The molecule has 2 aromatic carbocycles. The molecule has 1 aromatic heterocycles. The zero-order valence-corrected chi connectivity index (χ0v) is 23.4. The highest BCUT2D eigenvalue weighted by Gasteiger charge is 2.25. The average Bonchev–Trinajstić information content (AvgIpc) is 3.30. The highest BCUT2D eigenvalue weighted by molar-refractivity contribution is 6.36. The third-order valence-electron chi connectivity index (χ3n) is 7.38. The fourth-order valence-electron chi connectivity index (χ4n) is 5.51. The van der Waals surface area contributed by atoms with Crippen molar-refractivity contribution in [2.45, 2.75) is 38.2 Å². The molecule has 0 unspecified atom stereocenters. The van der Waals surface area contributed by atoms with Gasteiger partial charge in [-0.3, -0.25) is 9.29 Å². The van der Waals surface area contributed by atoms with E-state index in [0.29, 0.717) is 27.9 Å². The van der Waals surface area contributed by atoms with E-state index in [9.17, 15) is 9.18 Å². The number of alkyl halides is 1. The van der Waals surface area contributed by atoms with E-state index < -0.39 is 0 Å². The van der Waals surface area contributed by atoms with Crippen LogP contribution in [0.1, 0.15) is 58.3 Å². The van der Waals surface area contributed by atoms with E-state index in [4.69, 9.17) is 32.7 Å². The number of nitrogens with zero attached hydrogens (tertiary/aromatic N) is 2. The molecule has 39 heavy (non-hydrogen) atoms. The first kappa shape index (κ1) is 27.6. The Morgan fingerprint density at radius 1 is 1.10 bits per heavy atom. The van der Waals surface area contributed by atoms with Gasteiger partial charge in [-0.25, -0.2) is 9.78 Å². The maximum Gasteiger partial charge on any atom is 0.337 e. The topological polar surface area (TPSA) is 51.7 Å². The van der Waals surface area contributed by atoms with Gasteiger partial charge in [0.05, 0.1) is 19.3 Å². The second-order valence-corrected chi connectivity index (χ2v) is 10.8. The number of allylic oxidation sites excluding steroid dienone is 1. The van der Waals surface area contributed by atoms with Crippen LogP contribution < -0.4 is 4.74 Å². The fraction of sp³-hybridized carbons (Fsp3) is 0.355. The van der Waals surface area contributed by atoms with Crippen molar-refractivity contribution in [1.29, 1.82) is 0 Å². The Labute approximate surface area is 238 Å². The number of hydrogen-bond donors (Lipinski definition) is 0. The lowest BCUT2D eigenvalue weighted by molar-refractivity contribution is 0.0600. The zero-order chi connectivity index (χ0) is 27.4. The Balaban J connectivity index is 1.51. The number of rotatable bonds is 8. The summed E-state index contributed by atoms with van der Waals surface area (Å²) in [7, 11) is 1.39. The molecule has 204 valence electrons. The molecule has 0 radical (unpaired) electrons. The number of benzene rings is 2. The summed E-state index contributed by atoms with van der Waals surface area (Å²) in [5.74, 6) is 0.213. The number of fused-ring (bicyclic) bond motifs is 1. The third kappa shape index (κ3) is 6.29. The Bertz CT molecular complexity index is 1380. The van der Waals surface area contributed by atoms with Crippen molar-refractivity contribution in [2.75, 3.05) is 33.4 Å². The summed E-state index contributed by atoms with van der Waals surface area (Å²) in [5, 5.41) is 1.18. The summed E-state index contributed by atoms with van der Waals surface area (Å²) in [6, 6.07) is 15.2. The van der Waals surface area contributed by atoms with Crippen molar-refractivity contribution >= 4 is 40.3 Å². The molecule has 1 aliphatic heterocycles. The number of carbonyl (C=O) groups is 1.